The van der Waals surface area contributed by atoms with E-state index in [1.165, 1.54) is 17.0 Å². The average Bonchev–Trinajstić information content (AvgIpc) is 2.69. The second-order valence-electron chi connectivity index (χ2n) is 7.01. The lowest BCUT2D eigenvalue weighted by atomic mass is 10.1. The fraction of sp³-hybridized carbons (Fsp3) is 0.381. The molecule has 0 unspecified atom stereocenters. The molecular formula is C21H26ClFN3O+. The molecule has 2 aromatic rings. The van der Waals surface area contributed by atoms with E-state index >= 15 is 0 Å². The number of halogens is 2. The summed E-state index contributed by atoms with van der Waals surface area (Å²) < 4.78 is 12.9. The Balaban J connectivity index is 1.43. The van der Waals surface area contributed by atoms with Crippen LogP contribution in [-0.4, -0.2) is 44.7 Å². The fourth-order valence-electron chi connectivity index (χ4n) is 3.48. The number of carbonyl (C=O) groups is 1. The number of nitrogens with one attached hydrogen (secondary N) is 2. The SMILES string of the molecule is C[C@H](C(=O)NCCc1ccc(F)cc1)[NH+]1CCN(c2cccc(Cl)c2)CC1. The summed E-state index contributed by atoms with van der Waals surface area (Å²) in [6, 6.07) is 14.2. The van der Waals surface area contributed by atoms with Crippen molar-refractivity contribution < 1.29 is 14.1 Å². The van der Waals surface area contributed by atoms with E-state index in [0.29, 0.717) is 13.0 Å². The van der Waals surface area contributed by atoms with Crippen LogP contribution in [0.15, 0.2) is 48.5 Å². The van der Waals surface area contributed by atoms with Gasteiger partial charge in [0.2, 0.25) is 0 Å². The van der Waals surface area contributed by atoms with Crippen molar-refractivity contribution in [1.82, 2.24) is 5.32 Å². The number of hydrogen-bond donors (Lipinski definition) is 2. The van der Waals surface area contributed by atoms with E-state index in [1.807, 2.05) is 25.1 Å². The Bertz CT molecular complexity index is 760. The van der Waals surface area contributed by atoms with Gasteiger partial charge >= 0.3 is 0 Å². The minimum Gasteiger partial charge on any atom is -0.360 e. The molecule has 1 amide bonds. The first-order valence-electron chi connectivity index (χ1n) is 9.40. The van der Waals surface area contributed by atoms with Crippen molar-refractivity contribution in [2.75, 3.05) is 37.6 Å². The van der Waals surface area contributed by atoms with Crippen molar-refractivity contribution in [3.8, 4) is 0 Å². The van der Waals surface area contributed by atoms with Gasteiger partial charge in [-0.1, -0.05) is 29.8 Å². The van der Waals surface area contributed by atoms with Crippen molar-refractivity contribution >= 4 is 23.2 Å². The molecule has 3 rings (SSSR count). The summed E-state index contributed by atoms with van der Waals surface area (Å²) in [4.78, 5) is 16.1. The minimum absolute atomic E-state index is 0.0725. The molecule has 27 heavy (non-hydrogen) atoms. The Morgan fingerprint density at radius 1 is 1.22 bits per heavy atom. The average molecular weight is 391 g/mol. The molecule has 1 saturated heterocycles. The molecule has 0 aliphatic carbocycles. The second kappa shape index (κ2) is 9.20. The van der Waals surface area contributed by atoms with Crippen LogP contribution in [0.25, 0.3) is 0 Å². The van der Waals surface area contributed by atoms with Crippen molar-refractivity contribution in [2.24, 2.45) is 0 Å². The number of amides is 1. The molecule has 0 spiro atoms. The third-order valence-electron chi connectivity index (χ3n) is 5.21. The van der Waals surface area contributed by atoms with Crippen LogP contribution in [0.4, 0.5) is 10.1 Å². The van der Waals surface area contributed by atoms with Gasteiger partial charge in [0.1, 0.15) is 5.82 Å². The van der Waals surface area contributed by atoms with Gasteiger partial charge in [0.15, 0.2) is 6.04 Å². The minimum atomic E-state index is -0.239. The lowest BCUT2D eigenvalue weighted by molar-refractivity contribution is -0.914. The molecule has 0 saturated carbocycles. The van der Waals surface area contributed by atoms with Gasteiger partial charge in [-0.3, -0.25) is 4.79 Å². The third kappa shape index (κ3) is 5.44. The lowest BCUT2D eigenvalue weighted by Crippen LogP contribution is -3.19. The monoisotopic (exact) mass is 390 g/mol. The van der Waals surface area contributed by atoms with Crippen LogP contribution in [-0.2, 0) is 11.2 Å². The highest BCUT2D eigenvalue weighted by atomic mass is 35.5. The third-order valence-corrected chi connectivity index (χ3v) is 5.45. The van der Waals surface area contributed by atoms with Gasteiger partial charge < -0.3 is 15.1 Å². The zero-order valence-electron chi connectivity index (χ0n) is 15.6. The van der Waals surface area contributed by atoms with Gasteiger partial charge in [-0.15, -0.1) is 0 Å². The van der Waals surface area contributed by atoms with Gasteiger partial charge in [-0.2, -0.15) is 0 Å². The van der Waals surface area contributed by atoms with Crippen LogP contribution in [0.3, 0.4) is 0 Å². The van der Waals surface area contributed by atoms with Crippen LogP contribution in [0.2, 0.25) is 5.02 Å². The highest BCUT2D eigenvalue weighted by molar-refractivity contribution is 6.30. The molecule has 0 bridgehead atoms. The fourth-order valence-corrected chi connectivity index (χ4v) is 3.66. The van der Waals surface area contributed by atoms with Crippen molar-refractivity contribution in [3.63, 3.8) is 0 Å². The van der Waals surface area contributed by atoms with E-state index in [9.17, 15) is 9.18 Å². The van der Waals surface area contributed by atoms with Crippen molar-refractivity contribution in [3.05, 3.63) is 64.9 Å². The predicted octanol–water partition coefficient (Wildman–Crippen LogP) is 1.93. The Labute approximate surface area is 164 Å². The van der Waals surface area contributed by atoms with Crippen LogP contribution in [0.1, 0.15) is 12.5 Å². The van der Waals surface area contributed by atoms with Crippen molar-refractivity contribution in [1.29, 1.82) is 0 Å². The quantitative estimate of drug-likeness (QED) is 0.790. The number of rotatable bonds is 6. The number of piperazine rings is 1. The molecule has 1 aliphatic rings. The molecule has 1 aliphatic heterocycles. The summed E-state index contributed by atoms with van der Waals surface area (Å²) in [5.41, 5.74) is 2.16. The summed E-state index contributed by atoms with van der Waals surface area (Å²) in [5.74, 6) is -0.166. The summed E-state index contributed by atoms with van der Waals surface area (Å²) in [6.07, 6.45) is 0.705. The topological polar surface area (TPSA) is 36.8 Å². The standard InChI is InChI=1S/C21H25ClFN3O/c1-16(21(27)24-10-9-17-5-7-19(23)8-6-17)25-11-13-26(14-12-25)20-4-2-3-18(22)15-20/h2-8,15-16H,9-14H2,1H3,(H,24,27)/p+1/t16-/m1/s1. The number of anilines is 1. The Kier molecular flexibility index (Phi) is 6.69. The molecule has 2 N–H and O–H groups in total. The van der Waals surface area contributed by atoms with Crippen molar-refractivity contribution in [2.45, 2.75) is 19.4 Å². The first kappa shape index (κ1) is 19.6. The molecular weight excluding hydrogens is 365 g/mol. The molecule has 2 aromatic carbocycles. The maximum Gasteiger partial charge on any atom is 0.278 e. The first-order valence-corrected chi connectivity index (χ1v) is 9.78. The zero-order valence-corrected chi connectivity index (χ0v) is 16.3. The van der Waals surface area contributed by atoms with E-state index in [4.69, 9.17) is 11.6 Å². The van der Waals surface area contributed by atoms with E-state index in [0.717, 1.165) is 42.5 Å². The Morgan fingerprint density at radius 3 is 2.59 bits per heavy atom. The van der Waals surface area contributed by atoms with Gasteiger partial charge in [0.25, 0.3) is 5.91 Å². The Morgan fingerprint density at radius 2 is 1.93 bits per heavy atom. The molecule has 4 nitrogen and oxygen atoms in total. The smallest absolute Gasteiger partial charge is 0.278 e. The van der Waals surface area contributed by atoms with Crippen LogP contribution >= 0.6 is 11.6 Å². The van der Waals surface area contributed by atoms with Gasteiger partial charge in [0, 0.05) is 17.3 Å². The molecule has 0 aromatic heterocycles. The highest BCUT2D eigenvalue weighted by Gasteiger charge is 2.29. The van der Waals surface area contributed by atoms with E-state index in [2.05, 4.69) is 16.3 Å². The predicted molar refractivity (Wildman–Crippen MR) is 107 cm³/mol. The molecule has 6 heteroatoms. The van der Waals surface area contributed by atoms with E-state index in [1.54, 1.807) is 12.1 Å². The lowest BCUT2D eigenvalue weighted by Gasteiger charge is -2.36. The van der Waals surface area contributed by atoms with Crippen LogP contribution in [0.5, 0.6) is 0 Å². The zero-order chi connectivity index (χ0) is 19.2. The maximum atomic E-state index is 12.9. The number of quaternary nitrogens is 1. The van der Waals surface area contributed by atoms with Gasteiger partial charge in [-0.25, -0.2) is 4.39 Å². The van der Waals surface area contributed by atoms with E-state index in [-0.39, 0.29) is 17.8 Å². The van der Waals surface area contributed by atoms with Crippen LogP contribution in [0, 0.1) is 5.82 Å². The summed E-state index contributed by atoms with van der Waals surface area (Å²) in [5, 5.41) is 3.76. The number of nitrogens with zero attached hydrogens (tertiary/aromatic N) is 1. The number of benzene rings is 2. The summed E-state index contributed by atoms with van der Waals surface area (Å²) in [6.45, 7) is 6.19. The molecule has 0 radical (unpaired) electrons. The number of hydrogen-bond acceptors (Lipinski definition) is 2. The summed E-state index contributed by atoms with van der Waals surface area (Å²) in [7, 11) is 0. The molecule has 144 valence electrons. The normalized spacial score (nSPS) is 16.2. The van der Waals surface area contributed by atoms with Gasteiger partial charge in [0.05, 0.1) is 26.2 Å². The molecule has 1 atom stereocenters. The summed E-state index contributed by atoms with van der Waals surface area (Å²) >= 11 is 6.08. The van der Waals surface area contributed by atoms with E-state index < -0.39 is 0 Å². The van der Waals surface area contributed by atoms with Gasteiger partial charge in [-0.05, 0) is 49.2 Å². The molecule has 1 heterocycles. The number of carbonyl (C=O) groups excluding carboxylic acids is 1. The second-order valence-corrected chi connectivity index (χ2v) is 7.45. The van der Waals surface area contributed by atoms with Crippen LogP contribution < -0.4 is 15.1 Å². The maximum absolute atomic E-state index is 12.9. The highest BCUT2D eigenvalue weighted by Crippen LogP contribution is 2.19. The Hall–Kier alpha value is -2.11. The molecule has 1 fully saturated rings. The first-order chi connectivity index (χ1) is 13.0. The largest absolute Gasteiger partial charge is 0.360 e.